The van der Waals surface area contributed by atoms with Crippen molar-refractivity contribution in [2.45, 2.75) is 43.1 Å². The summed E-state index contributed by atoms with van der Waals surface area (Å²) in [6, 6.07) is 2.58. The van der Waals surface area contributed by atoms with E-state index < -0.39 is 0 Å². The fourth-order valence-corrected chi connectivity index (χ4v) is 4.68. The van der Waals surface area contributed by atoms with Gasteiger partial charge in [0.05, 0.1) is 0 Å². The smallest absolute Gasteiger partial charge is 0.317 e. The number of carbonyl (C=O) groups excluding carboxylic acids is 1. The minimum atomic E-state index is 0.0652. The summed E-state index contributed by atoms with van der Waals surface area (Å²) in [5.74, 6) is 0.947. The molecule has 2 aromatic rings. The maximum absolute atomic E-state index is 12.4. The van der Waals surface area contributed by atoms with Crippen molar-refractivity contribution in [3.05, 3.63) is 27.4 Å². The van der Waals surface area contributed by atoms with Gasteiger partial charge in [-0.3, -0.25) is 0 Å². The number of aryl methyl sites for hydroxylation is 1. The lowest BCUT2D eigenvalue weighted by atomic mass is 10.3. The third-order valence-corrected chi connectivity index (χ3v) is 6.30. The summed E-state index contributed by atoms with van der Waals surface area (Å²) in [5, 5.41) is 16.3. The van der Waals surface area contributed by atoms with Crippen LogP contribution < -0.4 is 5.32 Å². The molecule has 8 heteroatoms. The Morgan fingerprint density at radius 3 is 3.00 bits per heavy atom. The number of rotatable bonds is 8. The zero-order valence-corrected chi connectivity index (χ0v) is 15.5. The van der Waals surface area contributed by atoms with Crippen molar-refractivity contribution in [2.75, 3.05) is 12.3 Å². The van der Waals surface area contributed by atoms with E-state index in [1.165, 1.54) is 5.56 Å². The van der Waals surface area contributed by atoms with Crippen LogP contribution in [0.2, 0.25) is 0 Å². The molecular weight excluding hydrogens is 348 g/mol. The van der Waals surface area contributed by atoms with Gasteiger partial charge in [-0.2, -0.15) is 11.3 Å². The first-order chi connectivity index (χ1) is 11.2. The van der Waals surface area contributed by atoms with Gasteiger partial charge in [0.2, 0.25) is 0 Å². The number of hydrogen-bond acceptors (Lipinski definition) is 6. The number of amides is 2. The highest BCUT2D eigenvalue weighted by Gasteiger charge is 2.32. The molecule has 0 atom stereocenters. The minimum absolute atomic E-state index is 0.0652. The molecule has 1 N–H and O–H groups in total. The van der Waals surface area contributed by atoms with Crippen molar-refractivity contribution in [1.29, 1.82) is 0 Å². The largest absolute Gasteiger partial charge is 0.338 e. The lowest BCUT2D eigenvalue weighted by molar-refractivity contribution is 0.192. The summed E-state index contributed by atoms with van der Waals surface area (Å²) >= 11 is 5.00. The first-order valence-electron chi connectivity index (χ1n) is 7.71. The quantitative estimate of drug-likeness (QED) is 0.569. The van der Waals surface area contributed by atoms with E-state index in [1.54, 1.807) is 34.4 Å². The zero-order chi connectivity index (χ0) is 16.1. The maximum atomic E-state index is 12.4. The van der Waals surface area contributed by atoms with Gasteiger partial charge in [0, 0.05) is 24.9 Å². The van der Waals surface area contributed by atoms with Gasteiger partial charge in [0.25, 0.3) is 0 Å². The Balaban J connectivity index is 1.37. The number of nitrogens with zero attached hydrogens (tertiary/aromatic N) is 3. The minimum Gasteiger partial charge on any atom is -0.338 e. The molecule has 1 aliphatic rings. The van der Waals surface area contributed by atoms with Crippen LogP contribution in [0.25, 0.3) is 0 Å². The average Bonchev–Trinajstić information content (AvgIpc) is 3.08. The molecule has 0 aliphatic heterocycles. The number of hydrogen-bond donors (Lipinski definition) is 1. The van der Waals surface area contributed by atoms with E-state index in [-0.39, 0.29) is 6.03 Å². The van der Waals surface area contributed by atoms with Crippen LogP contribution >= 0.6 is 34.4 Å². The van der Waals surface area contributed by atoms with Crippen LogP contribution in [0, 0.1) is 6.92 Å². The van der Waals surface area contributed by atoms with Crippen molar-refractivity contribution in [3.8, 4) is 0 Å². The number of nitrogens with one attached hydrogen (secondary N) is 1. The van der Waals surface area contributed by atoms with Crippen molar-refractivity contribution >= 4 is 40.5 Å². The highest BCUT2D eigenvalue weighted by Crippen LogP contribution is 2.28. The molecular formula is C15H20N4OS3. The van der Waals surface area contributed by atoms with Gasteiger partial charge in [0.1, 0.15) is 5.01 Å². The molecule has 1 fully saturated rings. The van der Waals surface area contributed by atoms with Crippen LogP contribution in [-0.2, 0) is 6.54 Å². The monoisotopic (exact) mass is 368 g/mol. The second kappa shape index (κ2) is 8.12. The molecule has 1 aliphatic carbocycles. The standard InChI is InChI=1S/C15H20N4OS3/c1-11-17-18-15(23-11)22-7-2-6-16-14(20)19(13-3-4-13)9-12-5-8-21-10-12/h5,8,10,13H,2-4,6-7,9H2,1H3,(H,16,20). The van der Waals surface area contributed by atoms with Gasteiger partial charge in [-0.25, -0.2) is 4.79 Å². The number of urea groups is 1. The molecule has 0 radical (unpaired) electrons. The van der Waals surface area contributed by atoms with Crippen molar-refractivity contribution in [3.63, 3.8) is 0 Å². The Kier molecular flexibility index (Phi) is 5.91. The number of aromatic nitrogens is 2. The first kappa shape index (κ1) is 16.7. The maximum Gasteiger partial charge on any atom is 0.317 e. The molecule has 0 aromatic carbocycles. The first-order valence-corrected chi connectivity index (χ1v) is 10.5. The summed E-state index contributed by atoms with van der Waals surface area (Å²) in [5.41, 5.74) is 1.22. The lowest BCUT2D eigenvalue weighted by Gasteiger charge is -2.22. The molecule has 23 heavy (non-hydrogen) atoms. The van der Waals surface area contributed by atoms with E-state index >= 15 is 0 Å². The highest BCUT2D eigenvalue weighted by atomic mass is 32.2. The van der Waals surface area contributed by atoms with Gasteiger partial charge in [0.15, 0.2) is 4.34 Å². The summed E-state index contributed by atoms with van der Waals surface area (Å²) in [7, 11) is 0. The van der Waals surface area contributed by atoms with E-state index in [0.717, 1.165) is 40.9 Å². The molecule has 2 heterocycles. The van der Waals surface area contributed by atoms with Crippen LogP contribution in [0.5, 0.6) is 0 Å². The molecule has 0 unspecified atom stereocenters. The fourth-order valence-electron chi connectivity index (χ4n) is 2.20. The molecule has 0 bridgehead atoms. The molecule has 2 aromatic heterocycles. The Bertz CT molecular complexity index is 624. The molecule has 5 nitrogen and oxygen atoms in total. The van der Waals surface area contributed by atoms with Crippen LogP contribution in [-0.4, -0.2) is 39.5 Å². The molecule has 2 amide bonds. The second-order valence-electron chi connectivity index (χ2n) is 5.51. The Labute approximate surface area is 148 Å². The number of carbonyl (C=O) groups is 1. The van der Waals surface area contributed by atoms with E-state index in [9.17, 15) is 4.79 Å². The van der Waals surface area contributed by atoms with Gasteiger partial charge in [-0.1, -0.05) is 23.1 Å². The van der Waals surface area contributed by atoms with Crippen LogP contribution in [0.1, 0.15) is 29.8 Å². The Morgan fingerprint density at radius 1 is 1.48 bits per heavy atom. The number of thioether (sulfide) groups is 1. The Hall–Kier alpha value is -1.12. The SMILES string of the molecule is Cc1nnc(SCCCNC(=O)N(Cc2ccsc2)C2CC2)s1. The predicted molar refractivity (Wildman–Crippen MR) is 96.3 cm³/mol. The molecule has 0 saturated heterocycles. The second-order valence-corrected chi connectivity index (χ2v) is 8.82. The summed E-state index contributed by atoms with van der Waals surface area (Å²) in [6.45, 7) is 3.39. The third-order valence-electron chi connectivity index (χ3n) is 3.51. The highest BCUT2D eigenvalue weighted by molar-refractivity contribution is 8.01. The normalized spacial score (nSPS) is 14.0. The van der Waals surface area contributed by atoms with E-state index in [1.807, 2.05) is 11.8 Å². The van der Waals surface area contributed by atoms with Gasteiger partial charge in [-0.05, 0) is 48.6 Å². The topological polar surface area (TPSA) is 58.1 Å². The Morgan fingerprint density at radius 2 is 2.35 bits per heavy atom. The number of thiophene rings is 1. The fraction of sp³-hybridized carbons (Fsp3) is 0.533. The molecule has 3 rings (SSSR count). The molecule has 124 valence electrons. The molecule has 1 saturated carbocycles. The lowest BCUT2D eigenvalue weighted by Crippen LogP contribution is -2.41. The van der Waals surface area contributed by atoms with Gasteiger partial charge in [-0.15, -0.1) is 10.2 Å². The summed E-state index contributed by atoms with van der Waals surface area (Å²) in [4.78, 5) is 14.4. The van der Waals surface area contributed by atoms with Crippen LogP contribution in [0.4, 0.5) is 4.79 Å². The summed E-state index contributed by atoms with van der Waals surface area (Å²) in [6.07, 6.45) is 3.19. The van der Waals surface area contributed by atoms with Crippen LogP contribution in [0.15, 0.2) is 21.2 Å². The van der Waals surface area contributed by atoms with E-state index in [4.69, 9.17) is 0 Å². The van der Waals surface area contributed by atoms with Crippen molar-refractivity contribution < 1.29 is 4.79 Å². The average molecular weight is 369 g/mol. The van der Waals surface area contributed by atoms with Gasteiger partial charge < -0.3 is 10.2 Å². The summed E-state index contributed by atoms with van der Waals surface area (Å²) < 4.78 is 1.01. The molecule has 0 spiro atoms. The zero-order valence-electron chi connectivity index (χ0n) is 13.0. The van der Waals surface area contributed by atoms with Crippen LogP contribution in [0.3, 0.4) is 0 Å². The van der Waals surface area contributed by atoms with Crippen molar-refractivity contribution in [2.24, 2.45) is 0 Å². The van der Waals surface area contributed by atoms with E-state index in [0.29, 0.717) is 12.6 Å². The van der Waals surface area contributed by atoms with Gasteiger partial charge >= 0.3 is 6.03 Å². The van der Waals surface area contributed by atoms with Crippen molar-refractivity contribution in [1.82, 2.24) is 20.4 Å². The predicted octanol–water partition coefficient (Wildman–Crippen LogP) is 3.76. The third kappa shape index (κ3) is 5.19. The van der Waals surface area contributed by atoms with E-state index in [2.05, 4.69) is 32.3 Å².